The third kappa shape index (κ3) is 4.87. The van der Waals surface area contributed by atoms with Crippen LogP contribution in [0.2, 0.25) is 0 Å². The van der Waals surface area contributed by atoms with Crippen molar-refractivity contribution < 1.29 is 13.2 Å². The number of amides is 1. The van der Waals surface area contributed by atoms with E-state index in [4.69, 9.17) is 0 Å². The standard InChI is InChI=1S/C20H27N3O3S/c1-6-23(14(2)3)17-10-8-16(9-11-17)22-20(24)19-13-18(12-7-15(19)4)27(25,26)21-5/h7-14,21H,6H2,1-5H3,(H,22,24). The summed E-state index contributed by atoms with van der Waals surface area (Å²) in [5.41, 5.74) is 2.78. The zero-order valence-corrected chi connectivity index (χ0v) is 17.2. The summed E-state index contributed by atoms with van der Waals surface area (Å²) in [6, 6.07) is 12.5. The van der Waals surface area contributed by atoms with Crippen LogP contribution >= 0.6 is 0 Å². The Balaban J connectivity index is 2.24. The molecule has 0 aromatic heterocycles. The van der Waals surface area contributed by atoms with Gasteiger partial charge >= 0.3 is 0 Å². The molecule has 0 fully saturated rings. The number of nitrogens with one attached hydrogen (secondary N) is 2. The Labute approximate surface area is 161 Å². The maximum absolute atomic E-state index is 12.6. The molecular formula is C20H27N3O3S. The summed E-state index contributed by atoms with van der Waals surface area (Å²) in [5, 5.41) is 2.84. The molecular weight excluding hydrogens is 362 g/mol. The van der Waals surface area contributed by atoms with Crippen molar-refractivity contribution in [2.24, 2.45) is 0 Å². The molecule has 1 amide bonds. The quantitative estimate of drug-likeness (QED) is 0.761. The zero-order valence-electron chi connectivity index (χ0n) is 16.4. The lowest BCUT2D eigenvalue weighted by Gasteiger charge is -2.27. The van der Waals surface area contributed by atoms with Gasteiger partial charge in [-0.05, 0) is 76.7 Å². The highest BCUT2D eigenvalue weighted by atomic mass is 32.2. The molecule has 7 heteroatoms. The smallest absolute Gasteiger partial charge is 0.255 e. The van der Waals surface area contributed by atoms with Crippen LogP contribution in [0.5, 0.6) is 0 Å². The SMILES string of the molecule is CCN(c1ccc(NC(=O)c2cc(S(=O)(=O)NC)ccc2C)cc1)C(C)C. The fraction of sp³-hybridized carbons (Fsp3) is 0.350. The van der Waals surface area contributed by atoms with Crippen LogP contribution in [0.15, 0.2) is 47.4 Å². The maximum Gasteiger partial charge on any atom is 0.255 e. The number of hydrogen-bond acceptors (Lipinski definition) is 4. The Morgan fingerprint density at radius 3 is 2.26 bits per heavy atom. The Morgan fingerprint density at radius 2 is 1.74 bits per heavy atom. The number of anilines is 2. The number of aryl methyl sites for hydroxylation is 1. The van der Waals surface area contributed by atoms with E-state index in [-0.39, 0.29) is 10.8 Å². The van der Waals surface area contributed by atoms with E-state index in [1.54, 1.807) is 13.0 Å². The molecule has 0 radical (unpaired) electrons. The lowest BCUT2D eigenvalue weighted by Crippen LogP contribution is -2.30. The summed E-state index contributed by atoms with van der Waals surface area (Å²) in [6.45, 7) is 9.04. The summed E-state index contributed by atoms with van der Waals surface area (Å²) in [7, 11) is -2.27. The van der Waals surface area contributed by atoms with E-state index in [0.717, 1.165) is 12.2 Å². The van der Waals surface area contributed by atoms with Crippen molar-refractivity contribution in [3.63, 3.8) is 0 Å². The first-order valence-electron chi connectivity index (χ1n) is 8.91. The van der Waals surface area contributed by atoms with Crippen LogP contribution in [0.25, 0.3) is 0 Å². The summed E-state index contributed by atoms with van der Waals surface area (Å²) >= 11 is 0. The Morgan fingerprint density at radius 1 is 1.11 bits per heavy atom. The van der Waals surface area contributed by atoms with E-state index in [1.165, 1.54) is 19.2 Å². The van der Waals surface area contributed by atoms with Crippen LogP contribution in [0.1, 0.15) is 36.7 Å². The average Bonchev–Trinajstić information content (AvgIpc) is 2.63. The van der Waals surface area contributed by atoms with Crippen LogP contribution in [-0.4, -0.2) is 34.0 Å². The second kappa shape index (κ2) is 8.54. The van der Waals surface area contributed by atoms with Crippen LogP contribution in [0.3, 0.4) is 0 Å². The molecule has 0 saturated heterocycles. The van der Waals surface area contributed by atoms with Crippen molar-refractivity contribution in [3.05, 3.63) is 53.6 Å². The molecule has 0 aliphatic heterocycles. The molecule has 2 rings (SSSR count). The average molecular weight is 390 g/mol. The van der Waals surface area contributed by atoms with Crippen LogP contribution in [0.4, 0.5) is 11.4 Å². The molecule has 0 spiro atoms. The Bertz CT molecular complexity index is 907. The van der Waals surface area contributed by atoms with Crippen LogP contribution < -0.4 is 14.9 Å². The van der Waals surface area contributed by atoms with Crippen molar-refractivity contribution in [1.82, 2.24) is 4.72 Å². The molecule has 0 unspecified atom stereocenters. The second-order valence-electron chi connectivity index (χ2n) is 6.57. The fourth-order valence-corrected chi connectivity index (χ4v) is 3.67. The molecule has 0 atom stereocenters. The zero-order chi connectivity index (χ0) is 20.2. The molecule has 0 aliphatic carbocycles. The van der Waals surface area contributed by atoms with E-state index < -0.39 is 10.0 Å². The van der Waals surface area contributed by atoms with Gasteiger partial charge in [-0.2, -0.15) is 0 Å². The largest absolute Gasteiger partial charge is 0.369 e. The fourth-order valence-electron chi connectivity index (χ4n) is 2.91. The van der Waals surface area contributed by atoms with Crippen LogP contribution in [-0.2, 0) is 10.0 Å². The van der Waals surface area contributed by atoms with Gasteiger partial charge in [-0.3, -0.25) is 4.79 Å². The van der Waals surface area contributed by atoms with Crippen molar-refractivity contribution in [3.8, 4) is 0 Å². The third-order valence-electron chi connectivity index (χ3n) is 4.45. The molecule has 27 heavy (non-hydrogen) atoms. The highest BCUT2D eigenvalue weighted by Crippen LogP contribution is 2.21. The van der Waals surface area contributed by atoms with Gasteiger partial charge in [0.2, 0.25) is 10.0 Å². The molecule has 0 aliphatic rings. The number of sulfonamides is 1. The van der Waals surface area contributed by atoms with E-state index in [9.17, 15) is 13.2 Å². The van der Waals surface area contributed by atoms with Gasteiger partial charge in [0, 0.05) is 29.5 Å². The number of benzene rings is 2. The van der Waals surface area contributed by atoms with Crippen molar-refractivity contribution in [1.29, 1.82) is 0 Å². The van der Waals surface area contributed by atoms with Gasteiger partial charge in [0.1, 0.15) is 0 Å². The van der Waals surface area contributed by atoms with Gasteiger partial charge in [0.25, 0.3) is 5.91 Å². The lowest BCUT2D eigenvalue weighted by molar-refractivity contribution is 0.102. The molecule has 2 aromatic carbocycles. The first-order valence-corrected chi connectivity index (χ1v) is 10.4. The molecule has 0 heterocycles. The number of hydrogen-bond donors (Lipinski definition) is 2. The van der Waals surface area contributed by atoms with E-state index >= 15 is 0 Å². The number of carbonyl (C=O) groups excluding carboxylic acids is 1. The first-order chi connectivity index (χ1) is 12.7. The first kappa shape index (κ1) is 20.9. The Hall–Kier alpha value is -2.38. The predicted octanol–water partition coefficient (Wildman–Crippen LogP) is 3.39. The van der Waals surface area contributed by atoms with E-state index in [1.807, 2.05) is 24.3 Å². The number of rotatable bonds is 7. The van der Waals surface area contributed by atoms with E-state index in [0.29, 0.717) is 22.9 Å². The number of carbonyl (C=O) groups is 1. The minimum absolute atomic E-state index is 0.0617. The van der Waals surface area contributed by atoms with Gasteiger partial charge in [-0.25, -0.2) is 13.1 Å². The molecule has 146 valence electrons. The topological polar surface area (TPSA) is 78.5 Å². The van der Waals surface area contributed by atoms with E-state index in [2.05, 4.69) is 35.7 Å². The maximum atomic E-state index is 12.6. The van der Waals surface area contributed by atoms with Gasteiger partial charge in [0.05, 0.1) is 4.90 Å². The third-order valence-corrected chi connectivity index (χ3v) is 5.87. The summed E-state index contributed by atoms with van der Waals surface area (Å²) in [4.78, 5) is 15.0. The predicted molar refractivity (Wildman–Crippen MR) is 110 cm³/mol. The van der Waals surface area contributed by atoms with Gasteiger partial charge in [-0.1, -0.05) is 6.07 Å². The highest BCUT2D eigenvalue weighted by molar-refractivity contribution is 7.89. The Kier molecular flexibility index (Phi) is 6.62. The highest BCUT2D eigenvalue weighted by Gasteiger charge is 2.17. The summed E-state index contributed by atoms with van der Waals surface area (Å²) < 4.78 is 26.2. The lowest BCUT2D eigenvalue weighted by atomic mass is 10.1. The second-order valence-corrected chi connectivity index (χ2v) is 8.45. The molecule has 2 aromatic rings. The number of nitrogens with zero attached hydrogens (tertiary/aromatic N) is 1. The van der Waals surface area contributed by atoms with Crippen LogP contribution in [0, 0.1) is 6.92 Å². The summed E-state index contributed by atoms with van der Waals surface area (Å²) in [6.07, 6.45) is 0. The van der Waals surface area contributed by atoms with Crippen molar-refractivity contribution in [2.75, 3.05) is 23.8 Å². The molecule has 0 bridgehead atoms. The molecule has 6 nitrogen and oxygen atoms in total. The van der Waals surface area contributed by atoms with Crippen molar-refractivity contribution in [2.45, 2.75) is 38.6 Å². The minimum Gasteiger partial charge on any atom is -0.369 e. The monoisotopic (exact) mass is 389 g/mol. The van der Waals surface area contributed by atoms with Gasteiger partial charge < -0.3 is 10.2 Å². The summed E-state index contributed by atoms with van der Waals surface area (Å²) in [5.74, 6) is -0.343. The minimum atomic E-state index is -3.61. The molecule has 0 saturated carbocycles. The molecule has 2 N–H and O–H groups in total. The van der Waals surface area contributed by atoms with Gasteiger partial charge in [-0.15, -0.1) is 0 Å². The van der Waals surface area contributed by atoms with Crippen molar-refractivity contribution >= 4 is 27.3 Å². The normalized spacial score (nSPS) is 11.5. The van der Waals surface area contributed by atoms with Gasteiger partial charge in [0.15, 0.2) is 0 Å².